The van der Waals surface area contributed by atoms with E-state index in [1.165, 1.54) is 16.7 Å². The molecule has 1 aliphatic rings. The van der Waals surface area contributed by atoms with Crippen molar-refractivity contribution in [2.24, 2.45) is 0 Å². The van der Waals surface area contributed by atoms with Crippen molar-refractivity contribution in [3.05, 3.63) is 58.7 Å². The molecule has 0 spiro atoms. The highest BCUT2D eigenvalue weighted by Gasteiger charge is 2.30. The summed E-state index contributed by atoms with van der Waals surface area (Å²) in [4.78, 5) is 14.5. The first-order chi connectivity index (χ1) is 12.0. The van der Waals surface area contributed by atoms with Crippen LogP contribution in [0.25, 0.3) is 0 Å². The van der Waals surface area contributed by atoms with E-state index < -0.39 is 0 Å². The Morgan fingerprint density at radius 3 is 2.71 bits per heavy atom. The molecule has 2 heteroatoms. The molecule has 0 aromatic heterocycles. The molecule has 0 N–H and O–H groups in total. The molecule has 0 radical (unpaired) electrons. The summed E-state index contributed by atoms with van der Waals surface area (Å²) in [5, 5.41) is 0. The van der Waals surface area contributed by atoms with Gasteiger partial charge in [0, 0.05) is 20.9 Å². The van der Waals surface area contributed by atoms with Crippen molar-refractivity contribution >= 4 is 5.91 Å². The van der Waals surface area contributed by atoms with Crippen molar-refractivity contribution in [1.82, 2.24) is 4.90 Å². The zero-order valence-electron chi connectivity index (χ0n) is 17.5. The Balaban J connectivity index is -0.000000899. The Kier molecular flexibility index (Phi) is 4.14. The van der Waals surface area contributed by atoms with Crippen LogP contribution in [0.5, 0.6) is 0 Å². The summed E-state index contributed by atoms with van der Waals surface area (Å²) in [6.45, 7) is 9.11. The summed E-state index contributed by atoms with van der Waals surface area (Å²) >= 11 is 0. The van der Waals surface area contributed by atoms with Crippen molar-refractivity contribution in [3.63, 3.8) is 0 Å². The van der Waals surface area contributed by atoms with E-state index in [9.17, 15) is 4.79 Å². The fourth-order valence-electron chi connectivity index (χ4n) is 2.87. The molecule has 2 nitrogen and oxygen atoms in total. The SMILES string of the molecule is CCCC(C)=CC1=C(C)C(=O)N(C(C)c2ccccc2)C1.[2HH].[2HH].[2H][2H].[2H][2H]. The van der Waals surface area contributed by atoms with Gasteiger partial charge in [-0.2, -0.15) is 0 Å². The van der Waals surface area contributed by atoms with Gasteiger partial charge in [-0.05, 0) is 38.3 Å². The van der Waals surface area contributed by atoms with Crippen LogP contribution >= 0.6 is 0 Å². The standard InChI is InChI=1S/C19H25NO.4H2/c1-5-9-14(2)12-18-13-20(19(21)15(18)3)16(4)17-10-7-6-8-11-17;;;;/h6-8,10-12,16H,5,9,13H2,1-4H3;4*1H/i;2*1+1D;2*1+1. The highest BCUT2D eigenvalue weighted by Crippen LogP contribution is 2.30. The lowest BCUT2D eigenvalue weighted by Crippen LogP contribution is -2.30. The molecule has 1 aromatic carbocycles. The summed E-state index contributed by atoms with van der Waals surface area (Å²) in [6, 6.07) is 10.4. The summed E-state index contributed by atoms with van der Waals surface area (Å²) in [5.74, 6) is 0.168. The third-order valence-electron chi connectivity index (χ3n) is 4.22. The van der Waals surface area contributed by atoms with Gasteiger partial charge >= 0.3 is 0 Å². The highest BCUT2D eigenvalue weighted by molar-refractivity contribution is 5.97. The summed E-state index contributed by atoms with van der Waals surface area (Å²) in [7, 11) is 0. The van der Waals surface area contributed by atoms with E-state index in [0.717, 1.165) is 25.0 Å². The average Bonchev–Trinajstić information content (AvgIpc) is 2.94. The van der Waals surface area contributed by atoms with Gasteiger partial charge in [-0.25, -0.2) is 0 Å². The molecule has 0 bridgehead atoms. The van der Waals surface area contributed by atoms with Crippen molar-refractivity contribution in [1.29, 1.82) is 0 Å². The predicted octanol–water partition coefficient (Wildman–Crippen LogP) is 5.64. The quantitative estimate of drug-likeness (QED) is 0.689. The number of hydrogen-bond donors (Lipinski definition) is 0. The number of hydrogen-bond acceptors (Lipinski definition) is 1. The number of amides is 1. The molecule has 120 valence electrons. The predicted molar refractivity (Wildman–Crippen MR) is 96.4 cm³/mol. The monoisotopic (exact) mass is 297 g/mol. The number of nitrogens with zero attached hydrogens (tertiary/aromatic N) is 1. The minimum absolute atomic E-state index is 0. The summed E-state index contributed by atoms with van der Waals surface area (Å²) in [6.07, 6.45) is 4.44. The Morgan fingerprint density at radius 2 is 2.10 bits per heavy atom. The normalized spacial score (nSPS) is 18.4. The van der Waals surface area contributed by atoms with E-state index in [4.69, 9.17) is 5.94 Å². The highest BCUT2D eigenvalue weighted by atomic mass is 16.2. The first-order valence-corrected chi connectivity index (χ1v) is 7.77. The molecule has 0 saturated heterocycles. The lowest BCUT2D eigenvalue weighted by molar-refractivity contribution is -0.127. The maximum absolute atomic E-state index is 12.5. The third kappa shape index (κ3) is 3.44. The van der Waals surface area contributed by atoms with E-state index in [0.29, 0.717) is 0 Å². The number of carbonyl (C=O) groups excluding carboxylic acids is 1. The number of carbonyl (C=O) groups is 1. The topological polar surface area (TPSA) is 20.3 Å². The third-order valence-corrected chi connectivity index (χ3v) is 4.22. The van der Waals surface area contributed by atoms with Crippen LogP contribution in [0.2, 0.25) is 0 Å². The van der Waals surface area contributed by atoms with E-state index in [-0.39, 0.29) is 14.8 Å². The molecule has 1 amide bonds. The van der Waals surface area contributed by atoms with E-state index in [1.54, 1.807) is 0 Å². The number of rotatable bonds is 5. The molecule has 0 fully saturated rings. The largest absolute Gasteiger partial charge is 0.328 e. The second-order valence-electron chi connectivity index (χ2n) is 5.91. The fourth-order valence-corrected chi connectivity index (χ4v) is 2.87. The van der Waals surface area contributed by atoms with Crippen LogP contribution in [0.15, 0.2) is 53.1 Å². The average molecular weight is 298 g/mol. The van der Waals surface area contributed by atoms with E-state index >= 15 is 0 Å². The van der Waals surface area contributed by atoms with Crippen LogP contribution in [-0.2, 0) is 4.79 Å². The van der Waals surface area contributed by atoms with Crippen LogP contribution in [0.3, 0.4) is 0 Å². The Labute approximate surface area is 137 Å². The molecule has 0 saturated carbocycles. The zero-order chi connectivity index (χ0) is 19.4. The molecule has 1 unspecified atom stereocenters. The molecule has 0 aliphatic carbocycles. The van der Waals surface area contributed by atoms with Gasteiger partial charge in [0.1, 0.15) is 0 Å². The lowest BCUT2D eigenvalue weighted by Gasteiger charge is -2.25. The van der Waals surface area contributed by atoms with Gasteiger partial charge in [0.2, 0.25) is 0 Å². The van der Waals surface area contributed by atoms with Crippen LogP contribution in [0.4, 0.5) is 0 Å². The molecular weight excluding hydrogens is 258 g/mol. The maximum atomic E-state index is 12.5. The first kappa shape index (κ1) is 12.9. The molecule has 21 heavy (non-hydrogen) atoms. The Bertz CT molecular complexity index is 589. The molecule has 2 rings (SSSR count). The second kappa shape index (κ2) is 6.75. The van der Waals surface area contributed by atoms with Crippen LogP contribution < -0.4 is 0 Å². The molecular formula is C19H33NO. The van der Waals surface area contributed by atoms with E-state index in [1.807, 2.05) is 30.0 Å². The fraction of sp³-hybridized carbons (Fsp3) is 0.421. The van der Waals surface area contributed by atoms with Crippen LogP contribution in [0.1, 0.15) is 60.9 Å². The van der Waals surface area contributed by atoms with Gasteiger partial charge < -0.3 is 4.90 Å². The maximum Gasteiger partial charge on any atom is 0.250 e. The number of benzene rings is 1. The van der Waals surface area contributed by atoms with Gasteiger partial charge in [0.15, 0.2) is 0 Å². The van der Waals surface area contributed by atoms with Gasteiger partial charge in [0.25, 0.3) is 5.91 Å². The minimum Gasteiger partial charge on any atom is -0.328 e. The molecule has 1 aliphatic heterocycles. The number of allylic oxidation sites excluding steroid dienone is 1. The Morgan fingerprint density at radius 1 is 1.43 bits per heavy atom. The van der Waals surface area contributed by atoms with Crippen molar-refractivity contribution in [2.45, 2.75) is 46.6 Å². The van der Waals surface area contributed by atoms with Gasteiger partial charge in [-0.3, -0.25) is 4.79 Å². The van der Waals surface area contributed by atoms with Crippen LogP contribution in [0, 0.1) is 0 Å². The Hall–Kier alpha value is -1.83. The van der Waals surface area contributed by atoms with Crippen molar-refractivity contribution in [2.75, 3.05) is 6.54 Å². The molecule has 1 heterocycles. The lowest BCUT2D eigenvalue weighted by atomic mass is 10.1. The van der Waals surface area contributed by atoms with Crippen molar-refractivity contribution < 1.29 is 13.6 Å². The smallest absolute Gasteiger partial charge is 0.250 e. The van der Waals surface area contributed by atoms with Gasteiger partial charge in [-0.1, -0.05) is 55.3 Å². The molecule has 1 aromatic rings. The summed E-state index contributed by atoms with van der Waals surface area (Å²) < 4.78 is 20.0. The van der Waals surface area contributed by atoms with E-state index in [2.05, 4.69) is 39.0 Å². The van der Waals surface area contributed by atoms with Crippen LogP contribution in [-0.4, -0.2) is 17.4 Å². The first-order valence-electron chi connectivity index (χ1n) is 9.77. The zero-order valence-corrected chi connectivity index (χ0v) is 13.5. The van der Waals surface area contributed by atoms with Crippen molar-refractivity contribution in [3.8, 4) is 0 Å². The van der Waals surface area contributed by atoms with Gasteiger partial charge in [-0.15, -0.1) is 0 Å². The summed E-state index contributed by atoms with van der Waals surface area (Å²) in [5.41, 5.74) is 4.62. The minimum atomic E-state index is 0. The van der Waals surface area contributed by atoms with Gasteiger partial charge in [0.05, 0.1) is 6.04 Å². The molecule has 1 atom stereocenters. The second-order valence-corrected chi connectivity index (χ2v) is 5.91.